The van der Waals surface area contributed by atoms with Crippen LogP contribution in [0.25, 0.3) is 11.3 Å². The van der Waals surface area contributed by atoms with Crippen LogP contribution < -0.4 is 5.32 Å². The summed E-state index contributed by atoms with van der Waals surface area (Å²) in [5.74, 6) is 0.0742. The van der Waals surface area contributed by atoms with E-state index in [1.807, 2.05) is 73.8 Å². The van der Waals surface area contributed by atoms with Crippen LogP contribution in [0.5, 0.6) is 0 Å². The molecule has 1 aliphatic rings. The minimum absolute atomic E-state index is 0.0174. The van der Waals surface area contributed by atoms with Crippen LogP contribution in [0, 0.1) is 5.92 Å². The molecule has 4 rings (SSSR count). The normalized spacial score (nSPS) is 15.7. The lowest BCUT2D eigenvalue weighted by atomic mass is 9.92. The molecule has 30 heavy (non-hydrogen) atoms. The van der Waals surface area contributed by atoms with Crippen molar-refractivity contribution in [3.8, 4) is 11.3 Å². The Labute approximate surface area is 180 Å². The van der Waals surface area contributed by atoms with E-state index >= 15 is 0 Å². The molecule has 5 nitrogen and oxygen atoms in total. The first-order chi connectivity index (χ1) is 14.5. The number of nitrogens with one attached hydrogen (secondary N) is 1. The Kier molecular flexibility index (Phi) is 5.95. The van der Waals surface area contributed by atoms with Gasteiger partial charge in [-0.25, -0.2) is 4.98 Å². The highest BCUT2D eigenvalue weighted by molar-refractivity contribution is 7.14. The third-order valence-corrected chi connectivity index (χ3v) is 6.02. The summed E-state index contributed by atoms with van der Waals surface area (Å²) in [6, 6.07) is 17.4. The predicted octanol–water partition coefficient (Wildman–Crippen LogP) is 4.75. The summed E-state index contributed by atoms with van der Waals surface area (Å²) < 4.78 is 0. The van der Waals surface area contributed by atoms with Crippen LogP contribution in [0.1, 0.15) is 31.4 Å². The third kappa shape index (κ3) is 4.44. The Balaban J connectivity index is 1.55. The highest BCUT2D eigenvalue weighted by Crippen LogP contribution is 2.28. The molecule has 154 valence electrons. The summed E-state index contributed by atoms with van der Waals surface area (Å²) in [5, 5.41) is 5.43. The smallest absolute Gasteiger partial charge is 0.249 e. The molecule has 6 heteroatoms. The van der Waals surface area contributed by atoms with E-state index in [1.54, 1.807) is 4.90 Å². The second kappa shape index (κ2) is 8.79. The monoisotopic (exact) mass is 419 g/mol. The Morgan fingerprint density at radius 2 is 1.80 bits per heavy atom. The number of hydrogen-bond acceptors (Lipinski definition) is 4. The molecule has 1 N–H and O–H groups in total. The second-order valence-electron chi connectivity index (χ2n) is 8.00. The van der Waals surface area contributed by atoms with Crippen LogP contribution in [-0.4, -0.2) is 27.7 Å². The first-order valence-corrected chi connectivity index (χ1v) is 11.1. The number of rotatable bonds is 5. The molecule has 0 bridgehead atoms. The Bertz CT molecular complexity index is 1050. The van der Waals surface area contributed by atoms with E-state index in [4.69, 9.17) is 0 Å². The molecule has 0 radical (unpaired) electrons. The van der Waals surface area contributed by atoms with Gasteiger partial charge in [0.05, 0.1) is 5.69 Å². The number of anilines is 1. The Hall–Kier alpha value is -2.99. The van der Waals surface area contributed by atoms with Gasteiger partial charge < -0.3 is 10.2 Å². The van der Waals surface area contributed by atoms with E-state index in [1.165, 1.54) is 11.3 Å². The van der Waals surface area contributed by atoms with Crippen molar-refractivity contribution in [1.82, 2.24) is 9.88 Å². The first-order valence-electron chi connectivity index (χ1n) is 10.2. The number of amides is 2. The molecule has 3 aromatic rings. The summed E-state index contributed by atoms with van der Waals surface area (Å²) in [5.41, 5.74) is 4.07. The van der Waals surface area contributed by atoms with Crippen LogP contribution in [0.3, 0.4) is 0 Å². The topological polar surface area (TPSA) is 62.3 Å². The van der Waals surface area contributed by atoms with Crippen molar-refractivity contribution in [3.63, 3.8) is 0 Å². The average Bonchev–Trinajstić information content (AvgIpc) is 3.21. The summed E-state index contributed by atoms with van der Waals surface area (Å²) in [6.45, 7) is 4.50. The van der Waals surface area contributed by atoms with Gasteiger partial charge in [0.15, 0.2) is 5.13 Å². The summed E-state index contributed by atoms with van der Waals surface area (Å²) >= 11 is 1.40. The maximum atomic E-state index is 13.2. The van der Waals surface area contributed by atoms with E-state index in [9.17, 15) is 9.59 Å². The van der Waals surface area contributed by atoms with Gasteiger partial charge in [-0.15, -0.1) is 11.3 Å². The zero-order valence-corrected chi connectivity index (χ0v) is 18.0. The highest BCUT2D eigenvalue weighted by Gasteiger charge is 2.34. The summed E-state index contributed by atoms with van der Waals surface area (Å²) in [4.78, 5) is 32.4. The largest absolute Gasteiger partial charge is 0.326 e. The minimum Gasteiger partial charge on any atom is -0.326 e. The molecule has 0 unspecified atom stereocenters. The van der Waals surface area contributed by atoms with Gasteiger partial charge in [-0.2, -0.15) is 0 Å². The van der Waals surface area contributed by atoms with Crippen LogP contribution in [0.2, 0.25) is 0 Å². The fourth-order valence-electron chi connectivity index (χ4n) is 3.75. The fourth-order valence-corrected chi connectivity index (χ4v) is 4.47. The number of carbonyl (C=O) groups is 2. The maximum absolute atomic E-state index is 13.2. The first kappa shape index (κ1) is 20.3. The standard InChI is InChI=1S/C24H25N3O2S/c1-16(2)12-22(28)27-14-19-11-7-6-10-18(19)13-21(27)23(29)26-24-25-20(15-30-24)17-8-4-3-5-9-17/h3-11,15-16,21H,12-14H2,1-2H3,(H,25,26,29)/t21-/m0/s1. The molecule has 0 spiro atoms. The molecule has 1 aliphatic heterocycles. The van der Waals surface area contributed by atoms with E-state index in [0.717, 1.165) is 22.4 Å². The van der Waals surface area contributed by atoms with Crippen molar-refractivity contribution in [2.45, 2.75) is 39.3 Å². The molecular formula is C24H25N3O2S. The zero-order chi connectivity index (χ0) is 21.1. The number of benzene rings is 2. The molecule has 0 saturated carbocycles. The number of hydrogen-bond donors (Lipinski definition) is 1. The lowest BCUT2D eigenvalue weighted by molar-refractivity contribution is -0.140. The van der Waals surface area contributed by atoms with Gasteiger partial charge in [0.2, 0.25) is 11.8 Å². The maximum Gasteiger partial charge on any atom is 0.249 e. The van der Waals surface area contributed by atoms with Gasteiger partial charge >= 0.3 is 0 Å². The number of nitrogens with zero attached hydrogens (tertiary/aromatic N) is 2. The quantitative estimate of drug-likeness (QED) is 0.649. The predicted molar refractivity (Wildman–Crippen MR) is 120 cm³/mol. The van der Waals surface area contributed by atoms with Crippen molar-refractivity contribution in [2.24, 2.45) is 5.92 Å². The van der Waals surface area contributed by atoms with Crippen LogP contribution in [-0.2, 0) is 22.6 Å². The minimum atomic E-state index is -0.532. The molecule has 1 aromatic heterocycles. The van der Waals surface area contributed by atoms with Gasteiger partial charge in [-0.05, 0) is 17.0 Å². The zero-order valence-electron chi connectivity index (χ0n) is 17.2. The van der Waals surface area contributed by atoms with E-state index in [-0.39, 0.29) is 17.7 Å². The fraction of sp³-hybridized carbons (Fsp3) is 0.292. The summed E-state index contributed by atoms with van der Waals surface area (Å²) in [6.07, 6.45) is 0.949. The number of thiazole rings is 1. The molecule has 0 saturated heterocycles. The van der Waals surface area contributed by atoms with Crippen molar-refractivity contribution in [1.29, 1.82) is 0 Å². The third-order valence-electron chi connectivity index (χ3n) is 5.26. The van der Waals surface area contributed by atoms with Crippen LogP contribution in [0.4, 0.5) is 5.13 Å². The highest BCUT2D eigenvalue weighted by atomic mass is 32.1. The van der Waals surface area contributed by atoms with Gasteiger partial charge in [-0.1, -0.05) is 68.4 Å². The van der Waals surface area contributed by atoms with Crippen molar-refractivity contribution < 1.29 is 9.59 Å². The molecule has 0 fully saturated rings. The molecule has 2 aromatic carbocycles. The Morgan fingerprint density at radius 3 is 2.53 bits per heavy atom. The molecule has 0 aliphatic carbocycles. The van der Waals surface area contributed by atoms with E-state index in [0.29, 0.717) is 24.5 Å². The van der Waals surface area contributed by atoms with Crippen LogP contribution >= 0.6 is 11.3 Å². The summed E-state index contributed by atoms with van der Waals surface area (Å²) in [7, 11) is 0. The van der Waals surface area contributed by atoms with Crippen molar-refractivity contribution in [3.05, 3.63) is 71.1 Å². The van der Waals surface area contributed by atoms with Crippen molar-refractivity contribution in [2.75, 3.05) is 5.32 Å². The molecule has 2 amide bonds. The SMILES string of the molecule is CC(C)CC(=O)N1Cc2ccccc2C[C@H]1C(=O)Nc1nc(-c2ccccc2)cs1. The second-order valence-corrected chi connectivity index (χ2v) is 8.86. The van der Waals surface area contributed by atoms with Crippen LogP contribution in [0.15, 0.2) is 60.0 Å². The van der Waals surface area contributed by atoms with E-state index in [2.05, 4.69) is 10.3 Å². The van der Waals surface area contributed by atoms with Gasteiger partial charge in [0.25, 0.3) is 0 Å². The average molecular weight is 420 g/mol. The number of fused-ring (bicyclic) bond motifs is 1. The number of carbonyl (C=O) groups excluding carboxylic acids is 2. The molecular weight excluding hydrogens is 394 g/mol. The van der Waals surface area contributed by atoms with Crippen molar-refractivity contribution >= 4 is 28.3 Å². The van der Waals surface area contributed by atoms with Gasteiger partial charge in [-0.3, -0.25) is 9.59 Å². The van der Waals surface area contributed by atoms with E-state index < -0.39 is 6.04 Å². The number of aromatic nitrogens is 1. The molecule has 2 heterocycles. The Morgan fingerprint density at radius 1 is 1.10 bits per heavy atom. The molecule has 1 atom stereocenters. The lowest BCUT2D eigenvalue weighted by Crippen LogP contribution is -2.50. The van der Waals surface area contributed by atoms with Gasteiger partial charge in [0.1, 0.15) is 6.04 Å². The van der Waals surface area contributed by atoms with Gasteiger partial charge in [0, 0.05) is 30.3 Å². The lowest BCUT2D eigenvalue weighted by Gasteiger charge is -2.36.